The summed E-state index contributed by atoms with van der Waals surface area (Å²) in [5.74, 6) is 1.02. The Morgan fingerprint density at radius 2 is 0.955 bits per heavy atom. The molecule has 0 bridgehead atoms. The Labute approximate surface area is 155 Å². The zero-order valence-electron chi connectivity index (χ0n) is 15.8. The zero-order valence-corrected chi connectivity index (χ0v) is 18.0. The third kappa shape index (κ3) is 17.1. The van der Waals surface area contributed by atoms with Crippen molar-refractivity contribution in [1.29, 1.82) is 0 Å². The highest BCUT2D eigenvalue weighted by atomic mass is 127. The van der Waals surface area contributed by atoms with E-state index in [1.54, 1.807) is 0 Å². The molecule has 0 saturated carbocycles. The molecule has 0 heterocycles. The molecule has 0 aliphatic heterocycles. The van der Waals surface area contributed by atoms with Crippen molar-refractivity contribution in [3.05, 3.63) is 0 Å². The molecule has 0 aromatic heterocycles. The van der Waals surface area contributed by atoms with E-state index in [-0.39, 0.29) is 0 Å². The number of hydrogen-bond donors (Lipinski definition) is 0. The maximum Gasteiger partial charge on any atom is 0.00814 e. The van der Waals surface area contributed by atoms with Crippen molar-refractivity contribution in [2.24, 2.45) is 5.92 Å². The van der Waals surface area contributed by atoms with Gasteiger partial charge in [-0.05, 0) is 18.8 Å². The topological polar surface area (TPSA) is 0 Å². The summed E-state index contributed by atoms with van der Waals surface area (Å²) in [6.07, 6.45) is 23.3. The SMILES string of the molecule is CCCCCCCCC(CCCCCCCC)CCC(C)I. The van der Waals surface area contributed by atoms with Crippen LogP contribution in [0, 0.1) is 5.92 Å². The first-order valence-electron chi connectivity index (χ1n) is 10.3. The first kappa shape index (κ1) is 22.7. The van der Waals surface area contributed by atoms with E-state index in [4.69, 9.17) is 0 Å². The molecule has 0 amide bonds. The van der Waals surface area contributed by atoms with Gasteiger partial charge in [-0.1, -0.05) is 133 Å². The van der Waals surface area contributed by atoms with Gasteiger partial charge >= 0.3 is 0 Å². The Bertz CT molecular complexity index is 184. The maximum absolute atomic E-state index is 2.60. The lowest BCUT2D eigenvalue weighted by Crippen LogP contribution is -2.04. The fraction of sp³-hybridized carbons (Fsp3) is 1.00. The molecule has 0 rings (SSSR count). The third-order valence-corrected chi connectivity index (χ3v) is 5.53. The Kier molecular flexibility index (Phi) is 18.7. The number of hydrogen-bond acceptors (Lipinski definition) is 0. The van der Waals surface area contributed by atoms with Crippen LogP contribution in [-0.4, -0.2) is 3.92 Å². The van der Waals surface area contributed by atoms with Gasteiger partial charge in [0.2, 0.25) is 0 Å². The number of unbranched alkanes of at least 4 members (excludes halogenated alkanes) is 10. The van der Waals surface area contributed by atoms with Crippen molar-refractivity contribution >= 4 is 22.6 Å². The lowest BCUT2D eigenvalue weighted by Gasteiger charge is -2.17. The first-order valence-corrected chi connectivity index (χ1v) is 11.6. The van der Waals surface area contributed by atoms with E-state index in [0.29, 0.717) is 0 Å². The monoisotopic (exact) mass is 422 g/mol. The van der Waals surface area contributed by atoms with E-state index < -0.39 is 0 Å². The van der Waals surface area contributed by atoms with E-state index in [2.05, 4.69) is 43.4 Å². The van der Waals surface area contributed by atoms with Crippen LogP contribution in [-0.2, 0) is 0 Å². The largest absolute Gasteiger partial charge is 0.0829 e. The average Bonchev–Trinajstić information content (AvgIpc) is 2.50. The fourth-order valence-corrected chi connectivity index (χ4v) is 3.68. The minimum absolute atomic E-state index is 0.856. The summed E-state index contributed by atoms with van der Waals surface area (Å²) in [4.78, 5) is 0. The third-order valence-electron chi connectivity index (χ3n) is 4.90. The van der Waals surface area contributed by atoms with Gasteiger partial charge in [0.25, 0.3) is 0 Å². The summed E-state index contributed by atoms with van der Waals surface area (Å²) in [6, 6.07) is 0. The molecule has 0 aliphatic rings. The van der Waals surface area contributed by atoms with Gasteiger partial charge in [0.1, 0.15) is 0 Å². The number of rotatable bonds is 17. The Morgan fingerprint density at radius 3 is 1.36 bits per heavy atom. The van der Waals surface area contributed by atoms with Crippen LogP contribution in [0.15, 0.2) is 0 Å². The van der Waals surface area contributed by atoms with Crippen LogP contribution in [0.5, 0.6) is 0 Å². The Morgan fingerprint density at radius 1 is 0.545 bits per heavy atom. The number of halogens is 1. The predicted octanol–water partition coefficient (Wildman–Crippen LogP) is 8.71. The average molecular weight is 422 g/mol. The van der Waals surface area contributed by atoms with Crippen molar-refractivity contribution in [3.8, 4) is 0 Å². The molecule has 0 N–H and O–H groups in total. The summed E-state index contributed by atoms with van der Waals surface area (Å²) in [7, 11) is 0. The van der Waals surface area contributed by atoms with Gasteiger partial charge in [-0.25, -0.2) is 0 Å². The van der Waals surface area contributed by atoms with Crippen LogP contribution in [0.3, 0.4) is 0 Å². The summed E-state index contributed by atoms with van der Waals surface area (Å²) in [5.41, 5.74) is 0. The maximum atomic E-state index is 2.60. The molecular weight excluding hydrogens is 379 g/mol. The van der Waals surface area contributed by atoms with Gasteiger partial charge in [0.05, 0.1) is 0 Å². The second kappa shape index (κ2) is 18.1. The predicted molar refractivity (Wildman–Crippen MR) is 112 cm³/mol. The van der Waals surface area contributed by atoms with E-state index >= 15 is 0 Å². The van der Waals surface area contributed by atoms with E-state index in [1.807, 2.05) is 0 Å². The molecule has 0 aliphatic carbocycles. The van der Waals surface area contributed by atoms with Gasteiger partial charge in [0, 0.05) is 3.92 Å². The standard InChI is InChI=1S/C21H43I/c1-4-6-8-10-12-14-16-21(19-18-20(3)22)17-15-13-11-9-7-5-2/h20-21H,4-19H2,1-3H3. The lowest BCUT2D eigenvalue weighted by molar-refractivity contribution is 0.373. The van der Waals surface area contributed by atoms with Crippen LogP contribution in [0.1, 0.15) is 124 Å². The van der Waals surface area contributed by atoms with Crippen LogP contribution in [0.25, 0.3) is 0 Å². The normalized spacial score (nSPS) is 13.0. The molecule has 0 radical (unpaired) electrons. The van der Waals surface area contributed by atoms with Crippen molar-refractivity contribution < 1.29 is 0 Å². The van der Waals surface area contributed by atoms with Gasteiger partial charge in [-0.3, -0.25) is 0 Å². The Hall–Kier alpha value is 0.730. The van der Waals surface area contributed by atoms with Crippen LogP contribution < -0.4 is 0 Å². The van der Waals surface area contributed by atoms with Crippen LogP contribution in [0.4, 0.5) is 0 Å². The number of alkyl halides is 1. The summed E-state index contributed by atoms with van der Waals surface area (Å²) in [6.45, 7) is 6.98. The zero-order chi connectivity index (χ0) is 16.5. The highest BCUT2D eigenvalue weighted by Gasteiger charge is 2.10. The minimum Gasteiger partial charge on any atom is -0.0829 e. The van der Waals surface area contributed by atoms with E-state index in [9.17, 15) is 0 Å². The van der Waals surface area contributed by atoms with Gasteiger partial charge in [0.15, 0.2) is 0 Å². The van der Waals surface area contributed by atoms with E-state index in [0.717, 1.165) is 9.84 Å². The fourth-order valence-electron chi connectivity index (χ4n) is 3.33. The van der Waals surface area contributed by atoms with E-state index in [1.165, 1.54) is 103 Å². The lowest BCUT2D eigenvalue weighted by atomic mass is 9.90. The van der Waals surface area contributed by atoms with Crippen LogP contribution >= 0.6 is 22.6 Å². The summed E-state index contributed by atoms with van der Waals surface area (Å²) < 4.78 is 0.856. The van der Waals surface area contributed by atoms with Crippen LogP contribution in [0.2, 0.25) is 0 Å². The van der Waals surface area contributed by atoms with Crippen molar-refractivity contribution in [3.63, 3.8) is 0 Å². The molecule has 0 fully saturated rings. The van der Waals surface area contributed by atoms with Crippen molar-refractivity contribution in [2.75, 3.05) is 0 Å². The second-order valence-corrected chi connectivity index (χ2v) is 9.46. The molecule has 0 aromatic carbocycles. The Balaban J connectivity index is 3.70. The van der Waals surface area contributed by atoms with Gasteiger partial charge in [-0.2, -0.15) is 0 Å². The molecule has 0 aromatic rings. The first-order chi connectivity index (χ1) is 10.7. The highest BCUT2D eigenvalue weighted by molar-refractivity contribution is 14.1. The summed E-state index contributed by atoms with van der Waals surface area (Å²) in [5, 5.41) is 0. The molecule has 1 atom stereocenters. The smallest absolute Gasteiger partial charge is 0.00814 e. The molecule has 134 valence electrons. The molecule has 0 nitrogen and oxygen atoms in total. The molecule has 22 heavy (non-hydrogen) atoms. The molecule has 0 spiro atoms. The van der Waals surface area contributed by atoms with Gasteiger partial charge < -0.3 is 0 Å². The molecule has 1 unspecified atom stereocenters. The highest BCUT2D eigenvalue weighted by Crippen LogP contribution is 2.25. The second-order valence-electron chi connectivity index (χ2n) is 7.34. The minimum atomic E-state index is 0.856. The molecule has 1 heteroatoms. The molecular formula is C21H43I. The van der Waals surface area contributed by atoms with Crippen molar-refractivity contribution in [2.45, 2.75) is 127 Å². The summed E-state index contributed by atoms with van der Waals surface area (Å²) >= 11 is 2.60. The molecule has 0 saturated heterocycles. The van der Waals surface area contributed by atoms with Crippen molar-refractivity contribution in [1.82, 2.24) is 0 Å². The van der Waals surface area contributed by atoms with Gasteiger partial charge in [-0.15, -0.1) is 0 Å². The quantitative estimate of drug-likeness (QED) is 0.125.